The van der Waals surface area contributed by atoms with E-state index < -0.39 is 16.6 Å². The highest BCUT2D eigenvalue weighted by Crippen LogP contribution is 2.46. The summed E-state index contributed by atoms with van der Waals surface area (Å²) in [6.45, 7) is 0. The number of hydrogen-bond donors (Lipinski definition) is 2. The van der Waals surface area contributed by atoms with E-state index in [9.17, 15) is 23.7 Å². The first kappa shape index (κ1) is 16.4. The third-order valence-corrected chi connectivity index (χ3v) is 4.82. The van der Waals surface area contributed by atoms with Crippen molar-refractivity contribution in [2.75, 3.05) is 10.6 Å². The zero-order valence-electron chi connectivity index (χ0n) is 13.6. The zero-order valence-corrected chi connectivity index (χ0v) is 13.6. The van der Waals surface area contributed by atoms with Crippen molar-refractivity contribution in [2.45, 2.75) is 31.2 Å². The van der Waals surface area contributed by atoms with Crippen LogP contribution >= 0.6 is 0 Å². The van der Waals surface area contributed by atoms with E-state index in [1.807, 2.05) is 0 Å². The molecule has 1 aliphatic heterocycles. The molecule has 1 amide bonds. The van der Waals surface area contributed by atoms with Gasteiger partial charge in [-0.1, -0.05) is 6.07 Å². The van der Waals surface area contributed by atoms with Gasteiger partial charge in [0.25, 0.3) is 5.69 Å². The second-order valence-electron chi connectivity index (χ2n) is 6.56. The first-order valence-electron chi connectivity index (χ1n) is 8.25. The molecule has 2 N–H and O–H groups in total. The van der Waals surface area contributed by atoms with Gasteiger partial charge >= 0.3 is 0 Å². The van der Waals surface area contributed by atoms with E-state index in [2.05, 4.69) is 10.6 Å². The number of fused-ring (bicyclic) bond motifs is 1. The Morgan fingerprint density at radius 1 is 1.19 bits per heavy atom. The monoisotopic (exact) mass is 359 g/mol. The predicted molar refractivity (Wildman–Crippen MR) is 91.2 cm³/mol. The van der Waals surface area contributed by atoms with E-state index in [0.717, 1.165) is 0 Å². The predicted octanol–water partition coefficient (Wildman–Crippen LogP) is 3.73. The third kappa shape index (κ3) is 2.87. The van der Waals surface area contributed by atoms with Crippen LogP contribution in [0.5, 0.6) is 0 Å². The lowest BCUT2D eigenvalue weighted by atomic mass is 10.0. The first-order valence-corrected chi connectivity index (χ1v) is 8.25. The minimum absolute atomic E-state index is 0.00100. The fourth-order valence-corrected chi connectivity index (χ4v) is 3.42. The summed E-state index contributed by atoms with van der Waals surface area (Å²) in [6.07, 6.45) is 1.20. The van der Waals surface area contributed by atoms with Crippen molar-refractivity contribution >= 4 is 23.0 Å². The molecule has 0 saturated heterocycles. The number of rotatable bonds is 4. The van der Waals surface area contributed by atoms with Crippen molar-refractivity contribution in [1.82, 2.24) is 0 Å². The Kier molecular flexibility index (Phi) is 3.82. The molecule has 4 rings (SSSR count). The van der Waals surface area contributed by atoms with Gasteiger partial charge in [-0.15, -0.1) is 0 Å². The lowest BCUT2D eigenvalue weighted by Gasteiger charge is -2.18. The number of halogens is 2. The number of amides is 1. The van der Waals surface area contributed by atoms with Gasteiger partial charge in [-0.05, 0) is 36.6 Å². The molecule has 0 spiro atoms. The van der Waals surface area contributed by atoms with E-state index in [1.54, 1.807) is 0 Å². The van der Waals surface area contributed by atoms with Crippen LogP contribution in [0.3, 0.4) is 0 Å². The summed E-state index contributed by atoms with van der Waals surface area (Å²) >= 11 is 0. The molecule has 2 aromatic rings. The molecule has 2 atom stereocenters. The van der Waals surface area contributed by atoms with E-state index >= 15 is 0 Å². The molecule has 2 aromatic carbocycles. The van der Waals surface area contributed by atoms with Crippen LogP contribution < -0.4 is 10.6 Å². The summed E-state index contributed by atoms with van der Waals surface area (Å²) in [5, 5.41) is 17.1. The minimum Gasteiger partial charge on any atom is -0.376 e. The third-order valence-electron chi connectivity index (χ3n) is 4.82. The van der Waals surface area contributed by atoms with Gasteiger partial charge in [0.05, 0.1) is 4.92 Å². The normalized spacial score (nSPS) is 20.9. The number of carbonyl (C=O) groups is 1. The summed E-state index contributed by atoms with van der Waals surface area (Å²) in [6, 6.07) is 6.36. The molecule has 0 radical (unpaired) electrons. The maximum atomic E-state index is 13.9. The average molecular weight is 359 g/mol. The summed E-state index contributed by atoms with van der Waals surface area (Å²) in [4.78, 5) is 22.4. The molecule has 1 saturated carbocycles. The van der Waals surface area contributed by atoms with Crippen LogP contribution in [0.2, 0.25) is 0 Å². The average Bonchev–Trinajstić information content (AvgIpc) is 3.32. The van der Waals surface area contributed by atoms with Crippen molar-refractivity contribution in [2.24, 2.45) is 0 Å². The van der Waals surface area contributed by atoms with Crippen molar-refractivity contribution < 1.29 is 18.5 Å². The minimum atomic E-state index is -0.619. The number of aryl methyl sites for hydroxylation is 1. The second-order valence-corrected chi connectivity index (χ2v) is 6.56. The zero-order chi connectivity index (χ0) is 18.4. The second kappa shape index (κ2) is 6.05. The van der Waals surface area contributed by atoms with Crippen LogP contribution in [0.25, 0.3) is 0 Å². The lowest BCUT2D eigenvalue weighted by molar-refractivity contribution is -0.384. The molecule has 6 nitrogen and oxygen atoms in total. The Hall–Kier alpha value is -3.03. The number of nitrogens with zero attached hydrogens (tertiary/aromatic N) is 1. The van der Waals surface area contributed by atoms with Gasteiger partial charge in [0, 0.05) is 35.7 Å². The number of benzene rings is 2. The molecule has 0 bridgehead atoms. The van der Waals surface area contributed by atoms with Gasteiger partial charge in [0.1, 0.15) is 17.3 Å². The van der Waals surface area contributed by atoms with Crippen LogP contribution in [-0.2, 0) is 11.2 Å². The molecule has 134 valence electrons. The van der Waals surface area contributed by atoms with Gasteiger partial charge in [-0.3, -0.25) is 14.9 Å². The van der Waals surface area contributed by atoms with Gasteiger partial charge < -0.3 is 10.6 Å². The van der Waals surface area contributed by atoms with Crippen LogP contribution in [-0.4, -0.2) is 16.9 Å². The summed E-state index contributed by atoms with van der Waals surface area (Å²) in [5.41, 5.74) is 1.36. The lowest BCUT2D eigenvalue weighted by Crippen LogP contribution is -2.19. The Bertz CT molecular complexity index is 912. The Morgan fingerprint density at radius 2 is 1.92 bits per heavy atom. The standard InChI is InChI=1S/C18H15F2N3O3/c19-11-2-1-3-12(20)18(11)10-7-14(10)21-15-8-13-9(4-5-17(24)22-13)6-16(15)23(25)26/h1-3,6,8,10,14,21H,4-5,7H2,(H,22,24)/t10-,14-/m0/s1. The van der Waals surface area contributed by atoms with E-state index in [0.29, 0.717) is 24.1 Å². The fraction of sp³-hybridized carbons (Fsp3) is 0.278. The first-order chi connectivity index (χ1) is 12.4. The fourth-order valence-electron chi connectivity index (χ4n) is 3.42. The highest BCUT2D eigenvalue weighted by molar-refractivity contribution is 5.95. The van der Waals surface area contributed by atoms with Crippen LogP contribution in [0.4, 0.5) is 25.8 Å². The molecule has 0 aromatic heterocycles. The summed E-state index contributed by atoms with van der Waals surface area (Å²) in [5.74, 6) is -1.77. The van der Waals surface area contributed by atoms with Gasteiger partial charge in [0.2, 0.25) is 5.91 Å². The maximum absolute atomic E-state index is 13.9. The largest absolute Gasteiger partial charge is 0.376 e. The molecule has 1 aliphatic carbocycles. The van der Waals surface area contributed by atoms with E-state index in [-0.39, 0.29) is 41.2 Å². The molecule has 2 aliphatic rings. The smallest absolute Gasteiger partial charge is 0.292 e. The Morgan fingerprint density at radius 3 is 2.62 bits per heavy atom. The van der Waals surface area contributed by atoms with Gasteiger partial charge in [0.15, 0.2) is 0 Å². The number of nitro benzene ring substituents is 1. The van der Waals surface area contributed by atoms with E-state index in [4.69, 9.17) is 0 Å². The van der Waals surface area contributed by atoms with Crippen molar-refractivity contribution in [3.8, 4) is 0 Å². The highest BCUT2D eigenvalue weighted by Gasteiger charge is 2.42. The van der Waals surface area contributed by atoms with Crippen molar-refractivity contribution in [1.29, 1.82) is 0 Å². The number of nitrogens with one attached hydrogen (secondary N) is 2. The molecule has 26 heavy (non-hydrogen) atoms. The number of nitro groups is 1. The SMILES string of the molecule is O=C1CCc2cc([N+](=O)[O-])c(N[C@H]3C[C@@H]3c3c(F)cccc3F)cc2N1. The topological polar surface area (TPSA) is 84.3 Å². The Balaban J connectivity index is 1.62. The van der Waals surface area contributed by atoms with Crippen LogP contribution in [0, 0.1) is 21.7 Å². The molecule has 8 heteroatoms. The molecular weight excluding hydrogens is 344 g/mol. The molecular formula is C18H15F2N3O3. The molecule has 0 unspecified atom stereocenters. The summed E-state index contributed by atoms with van der Waals surface area (Å²) in [7, 11) is 0. The Labute approximate surface area is 147 Å². The van der Waals surface area contributed by atoms with Crippen molar-refractivity contribution in [3.05, 3.63) is 63.2 Å². The molecule has 1 heterocycles. The summed E-state index contributed by atoms with van der Waals surface area (Å²) < 4.78 is 27.8. The van der Waals surface area contributed by atoms with Gasteiger partial charge in [-0.2, -0.15) is 0 Å². The van der Waals surface area contributed by atoms with Crippen molar-refractivity contribution in [3.63, 3.8) is 0 Å². The van der Waals surface area contributed by atoms with Crippen LogP contribution in [0.15, 0.2) is 30.3 Å². The number of hydrogen-bond acceptors (Lipinski definition) is 4. The highest BCUT2D eigenvalue weighted by atomic mass is 19.1. The van der Waals surface area contributed by atoms with E-state index in [1.165, 1.54) is 30.3 Å². The maximum Gasteiger partial charge on any atom is 0.292 e. The quantitative estimate of drug-likeness (QED) is 0.644. The van der Waals surface area contributed by atoms with Gasteiger partial charge in [-0.25, -0.2) is 8.78 Å². The van der Waals surface area contributed by atoms with Crippen LogP contribution in [0.1, 0.15) is 29.9 Å². The number of anilines is 2. The number of carbonyl (C=O) groups excluding carboxylic acids is 1. The molecule has 1 fully saturated rings.